The maximum Gasteiger partial charge on any atom is 0.194 e. The summed E-state index contributed by atoms with van der Waals surface area (Å²) in [6.45, 7) is 7.09. The van der Waals surface area contributed by atoms with Crippen molar-refractivity contribution in [3.05, 3.63) is 29.8 Å². The summed E-state index contributed by atoms with van der Waals surface area (Å²) in [4.78, 5) is 12.9. The fourth-order valence-corrected chi connectivity index (χ4v) is 2.99. The number of hydrogen-bond donors (Lipinski definition) is 0. The highest BCUT2D eigenvalue weighted by atomic mass is 16.5. The van der Waals surface area contributed by atoms with Crippen LogP contribution in [0.4, 0.5) is 0 Å². The zero-order chi connectivity index (χ0) is 15.5. The van der Waals surface area contributed by atoms with Crippen molar-refractivity contribution in [1.29, 1.82) is 0 Å². The molecule has 0 amide bonds. The minimum atomic E-state index is -0.650. The molecule has 3 heteroatoms. The van der Waals surface area contributed by atoms with Crippen molar-refractivity contribution in [2.75, 3.05) is 13.7 Å². The molecule has 0 saturated heterocycles. The Hall–Kier alpha value is -1.35. The van der Waals surface area contributed by atoms with E-state index in [2.05, 4.69) is 13.8 Å². The molecule has 0 N–H and O–H groups in total. The Kier molecular flexibility index (Phi) is 4.72. The van der Waals surface area contributed by atoms with Gasteiger partial charge in [0.25, 0.3) is 0 Å². The lowest BCUT2D eigenvalue weighted by Crippen LogP contribution is -2.45. The summed E-state index contributed by atoms with van der Waals surface area (Å²) in [5.74, 6) is 0.897. The van der Waals surface area contributed by atoms with Crippen LogP contribution in [0.2, 0.25) is 0 Å². The first-order chi connectivity index (χ1) is 9.92. The van der Waals surface area contributed by atoms with Gasteiger partial charge in [0.1, 0.15) is 11.4 Å². The first-order valence-corrected chi connectivity index (χ1v) is 7.75. The van der Waals surface area contributed by atoms with E-state index in [0.29, 0.717) is 17.6 Å². The molecule has 0 aromatic heterocycles. The third-order valence-electron chi connectivity index (χ3n) is 4.64. The van der Waals surface area contributed by atoms with Gasteiger partial charge in [0.15, 0.2) is 5.78 Å². The van der Waals surface area contributed by atoms with Crippen LogP contribution < -0.4 is 4.74 Å². The quantitative estimate of drug-likeness (QED) is 0.760. The van der Waals surface area contributed by atoms with Crippen LogP contribution in [0, 0.1) is 5.41 Å². The van der Waals surface area contributed by atoms with Crippen molar-refractivity contribution < 1.29 is 14.3 Å². The van der Waals surface area contributed by atoms with Crippen molar-refractivity contribution in [2.45, 2.75) is 52.1 Å². The van der Waals surface area contributed by atoms with Crippen molar-refractivity contribution in [1.82, 2.24) is 0 Å². The van der Waals surface area contributed by atoms with E-state index < -0.39 is 5.60 Å². The van der Waals surface area contributed by atoms with Crippen molar-refractivity contribution in [2.24, 2.45) is 5.41 Å². The SMILES string of the molecule is CCOc1ccc(C(=O)C2(OC)CCC(C)(C)CC2)cc1. The highest BCUT2D eigenvalue weighted by molar-refractivity contribution is 6.02. The van der Waals surface area contributed by atoms with Crippen LogP contribution in [0.5, 0.6) is 5.75 Å². The molecule has 2 rings (SSSR count). The molecule has 1 aromatic carbocycles. The Bertz CT molecular complexity index is 478. The van der Waals surface area contributed by atoms with Crippen LogP contribution in [0.3, 0.4) is 0 Å². The van der Waals surface area contributed by atoms with Crippen molar-refractivity contribution in [3.8, 4) is 5.75 Å². The second kappa shape index (κ2) is 6.18. The molecule has 0 atom stereocenters. The fourth-order valence-electron chi connectivity index (χ4n) is 2.99. The number of rotatable bonds is 5. The summed E-state index contributed by atoms with van der Waals surface area (Å²) in [5.41, 5.74) is 0.365. The number of benzene rings is 1. The van der Waals surface area contributed by atoms with E-state index in [0.717, 1.165) is 31.4 Å². The Morgan fingerprint density at radius 3 is 2.14 bits per heavy atom. The predicted molar refractivity (Wildman–Crippen MR) is 83.9 cm³/mol. The molecule has 1 aliphatic rings. The molecule has 0 spiro atoms. The zero-order valence-corrected chi connectivity index (χ0v) is 13.6. The largest absolute Gasteiger partial charge is 0.494 e. The Morgan fingerprint density at radius 2 is 1.67 bits per heavy atom. The minimum Gasteiger partial charge on any atom is -0.494 e. The van der Waals surface area contributed by atoms with Gasteiger partial charge < -0.3 is 9.47 Å². The molecule has 1 aromatic rings. The molecular formula is C18H26O3. The molecule has 1 fully saturated rings. The number of ketones is 1. The number of carbonyl (C=O) groups is 1. The summed E-state index contributed by atoms with van der Waals surface area (Å²) in [6, 6.07) is 7.39. The summed E-state index contributed by atoms with van der Waals surface area (Å²) in [6.07, 6.45) is 3.62. The number of ether oxygens (including phenoxy) is 2. The van der Waals surface area contributed by atoms with Gasteiger partial charge in [0.2, 0.25) is 0 Å². The monoisotopic (exact) mass is 290 g/mol. The standard InChI is InChI=1S/C18H26O3/c1-5-21-15-8-6-14(7-9-15)16(19)18(20-4)12-10-17(2,3)11-13-18/h6-9H,5,10-13H2,1-4H3. The molecule has 0 heterocycles. The number of Topliss-reactive ketones (excluding diaryl/α,β-unsaturated/α-hetero) is 1. The smallest absolute Gasteiger partial charge is 0.194 e. The topological polar surface area (TPSA) is 35.5 Å². The lowest BCUT2D eigenvalue weighted by Gasteiger charge is -2.41. The molecule has 1 aliphatic carbocycles. The lowest BCUT2D eigenvalue weighted by atomic mass is 9.68. The van der Waals surface area contributed by atoms with Crippen molar-refractivity contribution in [3.63, 3.8) is 0 Å². The molecule has 0 aliphatic heterocycles. The number of hydrogen-bond acceptors (Lipinski definition) is 3. The fraction of sp³-hybridized carbons (Fsp3) is 0.611. The molecule has 0 radical (unpaired) electrons. The predicted octanol–water partition coefficient (Wildman–Crippen LogP) is 4.25. The van der Waals surface area contributed by atoms with Crippen LogP contribution in [-0.2, 0) is 4.74 Å². The van der Waals surface area contributed by atoms with E-state index in [1.54, 1.807) is 7.11 Å². The Balaban J connectivity index is 2.16. The van der Waals surface area contributed by atoms with Crippen LogP contribution in [-0.4, -0.2) is 25.1 Å². The Labute approximate surface area is 127 Å². The van der Waals surface area contributed by atoms with E-state index in [9.17, 15) is 4.79 Å². The third-order valence-corrected chi connectivity index (χ3v) is 4.64. The van der Waals surface area contributed by atoms with E-state index in [1.165, 1.54) is 0 Å². The molecule has 1 saturated carbocycles. The van der Waals surface area contributed by atoms with E-state index >= 15 is 0 Å². The normalized spacial score (nSPS) is 20.0. The Morgan fingerprint density at radius 1 is 1.10 bits per heavy atom. The van der Waals surface area contributed by atoms with Gasteiger partial charge in [0, 0.05) is 12.7 Å². The maximum atomic E-state index is 12.9. The van der Waals surface area contributed by atoms with Gasteiger partial charge in [-0.1, -0.05) is 13.8 Å². The summed E-state index contributed by atoms with van der Waals surface area (Å²) < 4.78 is 11.1. The van der Waals surface area contributed by atoms with Crippen LogP contribution >= 0.6 is 0 Å². The van der Waals surface area contributed by atoms with Gasteiger partial charge in [-0.3, -0.25) is 4.79 Å². The first kappa shape index (κ1) is 16.0. The summed E-state index contributed by atoms with van der Waals surface area (Å²) >= 11 is 0. The average Bonchev–Trinajstić information content (AvgIpc) is 2.48. The van der Waals surface area contributed by atoms with Gasteiger partial charge in [-0.2, -0.15) is 0 Å². The highest BCUT2D eigenvalue weighted by Gasteiger charge is 2.44. The molecule has 21 heavy (non-hydrogen) atoms. The maximum absolute atomic E-state index is 12.9. The lowest BCUT2D eigenvalue weighted by molar-refractivity contribution is -0.0383. The average molecular weight is 290 g/mol. The second-order valence-electron chi connectivity index (χ2n) is 6.65. The van der Waals surface area contributed by atoms with Crippen molar-refractivity contribution >= 4 is 5.78 Å². The highest BCUT2D eigenvalue weighted by Crippen LogP contribution is 2.43. The van der Waals surface area contributed by atoms with Gasteiger partial charge in [-0.25, -0.2) is 0 Å². The van der Waals surface area contributed by atoms with E-state index in [-0.39, 0.29) is 5.78 Å². The van der Waals surface area contributed by atoms with E-state index in [1.807, 2.05) is 31.2 Å². The van der Waals surface area contributed by atoms with E-state index in [4.69, 9.17) is 9.47 Å². The van der Waals surface area contributed by atoms with Crippen LogP contribution in [0.15, 0.2) is 24.3 Å². The van der Waals surface area contributed by atoms with Gasteiger partial charge in [-0.05, 0) is 62.3 Å². The van der Waals surface area contributed by atoms with Crippen LogP contribution in [0.25, 0.3) is 0 Å². The first-order valence-electron chi connectivity index (χ1n) is 7.75. The molecular weight excluding hydrogens is 264 g/mol. The van der Waals surface area contributed by atoms with Gasteiger partial charge >= 0.3 is 0 Å². The molecule has 3 nitrogen and oxygen atoms in total. The minimum absolute atomic E-state index is 0.101. The summed E-state index contributed by atoms with van der Waals surface area (Å²) in [5, 5.41) is 0. The number of methoxy groups -OCH3 is 1. The van der Waals surface area contributed by atoms with Crippen LogP contribution in [0.1, 0.15) is 56.8 Å². The zero-order valence-electron chi connectivity index (χ0n) is 13.6. The summed E-state index contributed by atoms with van der Waals surface area (Å²) in [7, 11) is 1.66. The molecule has 116 valence electrons. The molecule has 0 bridgehead atoms. The van der Waals surface area contributed by atoms with Gasteiger partial charge in [-0.15, -0.1) is 0 Å². The number of carbonyl (C=O) groups excluding carboxylic acids is 1. The third kappa shape index (κ3) is 3.46. The van der Waals surface area contributed by atoms with Gasteiger partial charge in [0.05, 0.1) is 6.61 Å². The molecule has 0 unspecified atom stereocenters. The second-order valence-corrected chi connectivity index (χ2v) is 6.65.